The average Bonchev–Trinajstić information content (AvgIpc) is 2.80. The SMILES string of the molecule is CC(C)C(=O)NC1CCN(c2cnc(-c3ccc(F)cc3F)c(-c3ccncc3Cl)n2)CC1. The highest BCUT2D eigenvalue weighted by Gasteiger charge is 2.24. The maximum atomic E-state index is 14.6. The van der Waals surface area contributed by atoms with Gasteiger partial charge in [-0.2, -0.15) is 0 Å². The number of halogens is 3. The van der Waals surface area contributed by atoms with Gasteiger partial charge in [0.2, 0.25) is 5.91 Å². The van der Waals surface area contributed by atoms with E-state index in [1.807, 2.05) is 13.8 Å². The Balaban J connectivity index is 1.66. The van der Waals surface area contributed by atoms with Gasteiger partial charge in [-0.05, 0) is 31.0 Å². The standard InChI is InChI=1S/C24H24ClF2N5O/c1-14(2)24(33)30-16-6-9-32(10-7-16)21-13-29-22(18-4-3-15(26)11-20(18)27)23(31-21)17-5-8-28-12-19(17)25/h3-5,8,11-14,16H,6-7,9-10H2,1-2H3,(H,30,33). The molecule has 1 fully saturated rings. The monoisotopic (exact) mass is 471 g/mol. The van der Waals surface area contributed by atoms with E-state index < -0.39 is 11.6 Å². The summed E-state index contributed by atoms with van der Waals surface area (Å²) >= 11 is 6.38. The van der Waals surface area contributed by atoms with E-state index in [1.54, 1.807) is 18.5 Å². The Kier molecular flexibility index (Phi) is 6.83. The number of benzene rings is 1. The van der Waals surface area contributed by atoms with E-state index in [1.165, 1.54) is 18.3 Å². The van der Waals surface area contributed by atoms with Gasteiger partial charge >= 0.3 is 0 Å². The number of nitrogens with zero attached hydrogens (tertiary/aromatic N) is 4. The molecule has 6 nitrogen and oxygen atoms in total. The van der Waals surface area contributed by atoms with Gasteiger partial charge in [0.1, 0.15) is 23.1 Å². The van der Waals surface area contributed by atoms with E-state index in [0.717, 1.165) is 18.9 Å². The molecule has 0 atom stereocenters. The number of carbonyl (C=O) groups excluding carboxylic acids is 1. The van der Waals surface area contributed by atoms with Gasteiger partial charge in [0.05, 0.1) is 16.9 Å². The third-order valence-electron chi connectivity index (χ3n) is 5.66. The quantitative estimate of drug-likeness (QED) is 0.574. The van der Waals surface area contributed by atoms with E-state index in [9.17, 15) is 13.6 Å². The van der Waals surface area contributed by atoms with Crippen LogP contribution >= 0.6 is 11.6 Å². The molecule has 1 aromatic carbocycles. The number of aromatic nitrogens is 3. The highest BCUT2D eigenvalue weighted by atomic mass is 35.5. The smallest absolute Gasteiger partial charge is 0.222 e. The topological polar surface area (TPSA) is 71.0 Å². The number of nitrogens with one attached hydrogen (secondary N) is 1. The molecule has 2 aromatic heterocycles. The molecule has 1 N–H and O–H groups in total. The number of piperidine rings is 1. The van der Waals surface area contributed by atoms with Gasteiger partial charge < -0.3 is 10.2 Å². The number of carbonyl (C=O) groups is 1. The fourth-order valence-electron chi connectivity index (χ4n) is 3.79. The normalized spacial score (nSPS) is 14.5. The van der Waals surface area contributed by atoms with E-state index in [4.69, 9.17) is 16.6 Å². The van der Waals surface area contributed by atoms with Crippen LogP contribution in [0.4, 0.5) is 14.6 Å². The number of anilines is 1. The summed E-state index contributed by atoms with van der Waals surface area (Å²) in [5.41, 5.74) is 1.34. The summed E-state index contributed by atoms with van der Waals surface area (Å²) in [5, 5.41) is 3.43. The Hall–Kier alpha value is -3.13. The first-order valence-corrected chi connectivity index (χ1v) is 11.2. The van der Waals surface area contributed by atoms with Crippen LogP contribution in [0.5, 0.6) is 0 Å². The van der Waals surface area contributed by atoms with Crippen LogP contribution in [0.25, 0.3) is 22.5 Å². The lowest BCUT2D eigenvalue weighted by Gasteiger charge is -2.33. The molecule has 4 rings (SSSR count). The fourth-order valence-corrected chi connectivity index (χ4v) is 4.00. The van der Waals surface area contributed by atoms with Crippen LogP contribution < -0.4 is 10.2 Å². The molecule has 33 heavy (non-hydrogen) atoms. The van der Waals surface area contributed by atoms with Crippen LogP contribution in [-0.4, -0.2) is 40.0 Å². The molecule has 1 saturated heterocycles. The minimum Gasteiger partial charge on any atom is -0.355 e. The molecule has 0 aliphatic carbocycles. The van der Waals surface area contributed by atoms with Gasteiger partial charge in [0.15, 0.2) is 0 Å². The zero-order valence-electron chi connectivity index (χ0n) is 18.4. The van der Waals surface area contributed by atoms with Gasteiger partial charge in [0, 0.05) is 54.6 Å². The average molecular weight is 472 g/mol. The van der Waals surface area contributed by atoms with Crippen molar-refractivity contribution in [2.45, 2.75) is 32.7 Å². The molecular weight excluding hydrogens is 448 g/mol. The molecule has 172 valence electrons. The van der Waals surface area contributed by atoms with Gasteiger partial charge in [-0.1, -0.05) is 25.4 Å². The number of hydrogen-bond acceptors (Lipinski definition) is 5. The minimum atomic E-state index is -0.731. The lowest BCUT2D eigenvalue weighted by Crippen LogP contribution is -2.46. The Morgan fingerprint density at radius 3 is 2.55 bits per heavy atom. The predicted octanol–water partition coefficient (Wildman–Crippen LogP) is 4.88. The molecular formula is C24H24ClF2N5O. The largest absolute Gasteiger partial charge is 0.355 e. The fraction of sp³-hybridized carbons (Fsp3) is 0.333. The molecule has 0 radical (unpaired) electrons. The Morgan fingerprint density at radius 2 is 1.88 bits per heavy atom. The van der Waals surface area contributed by atoms with Crippen LogP contribution in [0.1, 0.15) is 26.7 Å². The molecule has 1 aliphatic rings. The van der Waals surface area contributed by atoms with Crippen molar-refractivity contribution in [3.63, 3.8) is 0 Å². The summed E-state index contributed by atoms with van der Waals surface area (Å²) in [6, 6.07) is 5.15. The molecule has 3 heterocycles. The van der Waals surface area contributed by atoms with E-state index in [-0.39, 0.29) is 29.1 Å². The van der Waals surface area contributed by atoms with Crippen LogP contribution in [-0.2, 0) is 4.79 Å². The van der Waals surface area contributed by atoms with Crippen molar-refractivity contribution >= 4 is 23.3 Å². The zero-order valence-corrected chi connectivity index (χ0v) is 19.1. The number of rotatable bonds is 5. The maximum Gasteiger partial charge on any atom is 0.222 e. The highest BCUT2D eigenvalue weighted by Crippen LogP contribution is 2.35. The predicted molar refractivity (Wildman–Crippen MR) is 124 cm³/mol. The molecule has 0 bridgehead atoms. The summed E-state index contributed by atoms with van der Waals surface area (Å²) in [6.07, 6.45) is 6.20. The van der Waals surface area contributed by atoms with Crippen molar-refractivity contribution < 1.29 is 13.6 Å². The summed E-state index contributed by atoms with van der Waals surface area (Å²) < 4.78 is 28.1. The van der Waals surface area contributed by atoms with Crippen LogP contribution in [0.15, 0.2) is 42.9 Å². The van der Waals surface area contributed by atoms with Crippen LogP contribution in [0, 0.1) is 17.6 Å². The molecule has 1 amide bonds. The summed E-state index contributed by atoms with van der Waals surface area (Å²) in [7, 11) is 0. The van der Waals surface area contributed by atoms with Crippen molar-refractivity contribution in [2.24, 2.45) is 5.92 Å². The third kappa shape index (κ3) is 5.11. The van der Waals surface area contributed by atoms with Crippen molar-refractivity contribution in [3.8, 4) is 22.5 Å². The van der Waals surface area contributed by atoms with Crippen LogP contribution in [0.3, 0.4) is 0 Å². The Bertz CT molecular complexity index is 1170. The summed E-state index contributed by atoms with van der Waals surface area (Å²) in [5.74, 6) is -0.783. The number of amides is 1. The van der Waals surface area contributed by atoms with Gasteiger partial charge in [0.25, 0.3) is 0 Å². The third-order valence-corrected chi connectivity index (χ3v) is 5.96. The van der Waals surface area contributed by atoms with Crippen molar-refractivity contribution in [3.05, 3.63) is 59.5 Å². The van der Waals surface area contributed by atoms with Gasteiger partial charge in [-0.25, -0.2) is 18.7 Å². The number of hydrogen-bond donors (Lipinski definition) is 1. The number of pyridine rings is 1. The highest BCUT2D eigenvalue weighted by molar-refractivity contribution is 6.33. The summed E-state index contributed by atoms with van der Waals surface area (Å²) in [6.45, 7) is 5.12. The zero-order chi connectivity index (χ0) is 23.5. The second-order valence-corrected chi connectivity index (χ2v) is 8.74. The minimum absolute atomic E-state index is 0.0496. The molecule has 0 unspecified atom stereocenters. The molecule has 0 saturated carbocycles. The first-order valence-electron chi connectivity index (χ1n) is 10.8. The Morgan fingerprint density at radius 1 is 1.12 bits per heavy atom. The molecule has 1 aliphatic heterocycles. The van der Waals surface area contributed by atoms with Crippen molar-refractivity contribution in [2.75, 3.05) is 18.0 Å². The second kappa shape index (κ2) is 9.79. The molecule has 9 heteroatoms. The van der Waals surface area contributed by atoms with Crippen LogP contribution in [0.2, 0.25) is 5.02 Å². The van der Waals surface area contributed by atoms with Crippen molar-refractivity contribution in [1.82, 2.24) is 20.3 Å². The molecule has 0 spiro atoms. The van der Waals surface area contributed by atoms with E-state index in [2.05, 4.69) is 20.2 Å². The summed E-state index contributed by atoms with van der Waals surface area (Å²) in [4.78, 5) is 27.4. The maximum absolute atomic E-state index is 14.6. The van der Waals surface area contributed by atoms with Gasteiger partial charge in [-0.15, -0.1) is 0 Å². The van der Waals surface area contributed by atoms with Crippen molar-refractivity contribution in [1.29, 1.82) is 0 Å². The first kappa shape index (κ1) is 23.0. The van der Waals surface area contributed by atoms with Gasteiger partial charge in [-0.3, -0.25) is 9.78 Å². The van der Waals surface area contributed by atoms with E-state index in [0.29, 0.717) is 35.2 Å². The van der Waals surface area contributed by atoms with E-state index >= 15 is 0 Å². The lowest BCUT2D eigenvalue weighted by atomic mass is 10.0. The Labute approximate surface area is 196 Å². The molecule has 3 aromatic rings. The second-order valence-electron chi connectivity index (χ2n) is 8.33. The lowest BCUT2D eigenvalue weighted by molar-refractivity contribution is -0.124. The first-order chi connectivity index (χ1) is 15.8.